The first kappa shape index (κ1) is 16.3. The SMILES string of the molecule is Cc1cccc(NC(=O)c2cc3cc(Br)ccc3o/c2=N\O)c1C. The molecule has 0 spiro atoms. The summed E-state index contributed by atoms with van der Waals surface area (Å²) in [5.74, 6) is -0.401. The van der Waals surface area contributed by atoms with E-state index in [1.54, 1.807) is 12.1 Å². The van der Waals surface area contributed by atoms with Gasteiger partial charge in [-0.25, -0.2) is 0 Å². The molecule has 3 rings (SSSR count). The molecular formula is C18H15BrN2O3. The van der Waals surface area contributed by atoms with Crippen LogP contribution in [0.2, 0.25) is 0 Å². The molecule has 2 N–H and O–H groups in total. The van der Waals surface area contributed by atoms with Gasteiger partial charge in [-0.15, -0.1) is 0 Å². The van der Waals surface area contributed by atoms with Crippen molar-refractivity contribution < 1.29 is 14.4 Å². The summed E-state index contributed by atoms with van der Waals surface area (Å²) in [4.78, 5) is 12.6. The summed E-state index contributed by atoms with van der Waals surface area (Å²) in [6.07, 6.45) is 0. The lowest BCUT2D eigenvalue weighted by Crippen LogP contribution is -2.22. The van der Waals surface area contributed by atoms with Gasteiger partial charge in [0.05, 0.1) is 0 Å². The Hall–Kier alpha value is -2.60. The second-order valence-corrected chi connectivity index (χ2v) is 6.36. The molecule has 1 aromatic heterocycles. The second-order valence-electron chi connectivity index (χ2n) is 5.45. The molecule has 0 saturated heterocycles. The van der Waals surface area contributed by atoms with Crippen molar-refractivity contribution in [3.8, 4) is 0 Å². The summed E-state index contributed by atoms with van der Waals surface area (Å²) in [6, 6.07) is 12.7. The van der Waals surface area contributed by atoms with Gasteiger partial charge in [0.15, 0.2) is 0 Å². The van der Waals surface area contributed by atoms with Gasteiger partial charge in [0.2, 0.25) is 0 Å². The van der Waals surface area contributed by atoms with E-state index >= 15 is 0 Å². The average Bonchev–Trinajstić information content (AvgIpc) is 2.57. The van der Waals surface area contributed by atoms with Crippen LogP contribution < -0.4 is 10.9 Å². The third-order valence-corrected chi connectivity index (χ3v) is 4.39. The number of amides is 1. The molecule has 6 heteroatoms. The van der Waals surface area contributed by atoms with Crippen molar-refractivity contribution >= 4 is 38.5 Å². The molecule has 122 valence electrons. The third kappa shape index (κ3) is 3.05. The van der Waals surface area contributed by atoms with Gasteiger partial charge in [-0.1, -0.05) is 28.1 Å². The number of hydrogen-bond donors (Lipinski definition) is 2. The van der Waals surface area contributed by atoms with Gasteiger partial charge in [0, 0.05) is 15.5 Å². The van der Waals surface area contributed by atoms with Crippen LogP contribution in [0.15, 0.2) is 56.5 Å². The lowest BCUT2D eigenvalue weighted by molar-refractivity contribution is 0.102. The average molecular weight is 387 g/mol. The monoisotopic (exact) mass is 386 g/mol. The van der Waals surface area contributed by atoms with Gasteiger partial charge in [-0.3, -0.25) is 4.79 Å². The Morgan fingerprint density at radius 3 is 2.75 bits per heavy atom. The quantitative estimate of drug-likeness (QED) is 0.507. The summed E-state index contributed by atoms with van der Waals surface area (Å²) in [5.41, 5.74) is 3.31. The highest BCUT2D eigenvalue weighted by atomic mass is 79.9. The number of benzene rings is 2. The zero-order chi connectivity index (χ0) is 17.3. The lowest BCUT2D eigenvalue weighted by Gasteiger charge is -2.10. The van der Waals surface area contributed by atoms with Crippen molar-refractivity contribution in [2.45, 2.75) is 13.8 Å². The number of anilines is 1. The van der Waals surface area contributed by atoms with Gasteiger partial charge in [0.25, 0.3) is 11.5 Å². The van der Waals surface area contributed by atoms with E-state index in [1.807, 2.05) is 44.2 Å². The highest BCUT2D eigenvalue weighted by Gasteiger charge is 2.14. The Labute approximate surface area is 146 Å². The standard InChI is InChI=1S/C18H15BrN2O3/c1-10-4-3-5-15(11(10)2)20-17(22)14-9-12-8-13(19)6-7-16(12)24-18(14)21-23/h3-9,23H,1-2H3,(H,20,22)/b21-18-. The number of rotatable bonds is 2. The van der Waals surface area contributed by atoms with Gasteiger partial charge >= 0.3 is 0 Å². The Morgan fingerprint density at radius 1 is 1.21 bits per heavy atom. The number of nitrogens with one attached hydrogen (secondary N) is 1. The normalized spacial score (nSPS) is 11.7. The zero-order valence-electron chi connectivity index (χ0n) is 13.1. The summed E-state index contributed by atoms with van der Waals surface area (Å²) in [5, 5.41) is 15.9. The molecule has 0 fully saturated rings. The fourth-order valence-electron chi connectivity index (χ4n) is 2.41. The Bertz CT molecular complexity index is 1010. The number of carbonyl (C=O) groups is 1. The molecule has 0 aliphatic rings. The van der Waals surface area contributed by atoms with E-state index in [4.69, 9.17) is 4.42 Å². The Morgan fingerprint density at radius 2 is 2.00 bits per heavy atom. The predicted molar refractivity (Wildman–Crippen MR) is 95.1 cm³/mol. The zero-order valence-corrected chi connectivity index (χ0v) is 14.7. The second kappa shape index (κ2) is 6.49. The number of halogens is 1. The third-order valence-electron chi connectivity index (χ3n) is 3.90. The number of carbonyl (C=O) groups excluding carboxylic acids is 1. The molecule has 2 aromatic carbocycles. The Balaban J connectivity index is 2.07. The fourth-order valence-corrected chi connectivity index (χ4v) is 2.79. The molecule has 5 nitrogen and oxygen atoms in total. The largest absolute Gasteiger partial charge is 0.435 e. The number of hydrogen-bond acceptors (Lipinski definition) is 4. The van der Waals surface area contributed by atoms with Crippen LogP contribution in [-0.2, 0) is 0 Å². The summed E-state index contributed by atoms with van der Waals surface area (Å²) in [7, 11) is 0. The van der Waals surface area contributed by atoms with E-state index in [0.717, 1.165) is 21.0 Å². The first-order valence-electron chi connectivity index (χ1n) is 7.28. The first-order valence-corrected chi connectivity index (χ1v) is 8.08. The number of fused-ring (bicyclic) bond motifs is 1. The molecule has 0 unspecified atom stereocenters. The maximum absolute atomic E-state index is 12.6. The maximum atomic E-state index is 12.6. The first-order chi connectivity index (χ1) is 11.5. The maximum Gasteiger partial charge on any atom is 0.268 e. The van der Waals surface area contributed by atoms with E-state index in [2.05, 4.69) is 26.4 Å². The van der Waals surface area contributed by atoms with Crippen molar-refractivity contribution in [3.05, 3.63) is 69.2 Å². The molecule has 0 radical (unpaired) electrons. The van der Waals surface area contributed by atoms with E-state index in [-0.39, 0.29) is 11.1 Å². The molecule has 1 heterocycles. The molecule has 0 atom stereocenters. The molecule has 0 aliphatic carbocycles. The van der Waals surface area contributed by atoms with Crippen molar-refractivity contribution in [1.82, 2.24) is 0 Å². The van der Waals surface area contributed by atoms with Gasteiger partial charge in [-0.2, -0.15) is 0 Å². The van der Waals surface area contributed by atoms with Crippen molar-refractivity contribution in [2.24, 2.45) is 5.16 Å². The highest BCUT2D eigenvalue weighted by Crippen LogP contribution is 2.21. The number of aryl methyl sites for hydroxylation is 1. The molecule has 0 aliphatic heterocycles. The van der Waals surface area contributed by atoms with Crippen LogP contribution in [0.25, 0.3) is 11.0 Å². The van der Waals surface area contributed by atoms with Crippen LogP contribution in [0.1, 0.15) is 21.5 Å². The molecule has 0 saturated carbocycles. The van der Waals surface area contributed by atoms with E-state index in [0.29, 0.717) is 11.3 Å². The summed E-state index contributed by atoms with van der Waals surface area (Å²) >= 11 is 3.39. The smallest absolute Gasteiger partial charge is 0.268 e. The molecular weight excluding hydrogens is 372 g/mol. The van der Waals surface area contributed by atoms with Gasteiger partial charge < -0.3 is 14.9 Å². The molecule has 1 amide bonds. The minimum atomic E-state index is -0.401. The summed E-state index contributed by atoms with van der Waals surface area (Å²) < 4.78 is 6.37. The highest BCUT2D eigenvalue weighted by molar-refractivity contribution is 9.10. The van der Waals surface area contributed by atoms with Crippen molar-refractivity contribution in [3.63, 3.8) is 0 Å². The molecule has 3 aromatic rings. The van der Waals surface area contributed by atoms with Crippen LogP contribution in [0.3, 0.4) is 0 Å². The van der Waals surface area contributed by atoms with E-state index < -0.39 is 5.91 Å². The topological polar surface area (TPSA) is 74.8 Å². The summed E-state index contributed by atoms with van der Waals surface area (Å²) in [6.45, 7) is 3.91. The van der Waals surface area contributed by atoms with Crippen LogP contribution >= 0.6 is 15.9 Å². The van der Waals surface area contributed by atoms with Crippen molar-refractivity contribution in [1.29, 1.82) is 0 Å². The lowest BCUT2D eigenvalue weighted by atomic mass is 10.1. The van der Waals surface area contributed by atoms with Gasteiger partial charge in [0.1, 0.15) is 11.1 Å². The van der Waals surface area contributed by atoms with Gasteiger partial charge in [-0.05, 0) is 60.5 Å². The predicted octanol–water partition coefficient (Wildman–Crippen LogP) is 4.35. The van der Waals surface area contributed by atoms with Crippen LogP contribution in [0.4, 0.5) is 5.69 Å². The minimum Gasteiger partial charge on any atom is -0.435 e. The Kier molecular flexibility index (Phi) is 4.40. The van der Waals surface area contributed by atoms with E-state index in [9.17, 15) is 10.0 Å². The van der Waals surface area contributed by atoms with E-state index in [1.165, 1.54) is 0 Å². The van der Waals surface area contributed by atoms with Crippen LogP contribution in [0, 0.1) is 13.8 Å². The fraction of sp³-hybridized carbons (Fsp3) is 0.111. The van der Waals surface area contributed by atoms with Crippen LogP contribution in [-0.4, -0.2) is 11.1 Å². The van der Waals surface area contributed by atoms with Crippen molar-refractivity contribution in [2.75, 3.05) is 5.32 Å². The minimum absolute atomic E-state index is 0.132. The molecule has 0 bridgehead atoms. The van der Waals surface area contributed by atoms with Crippen LogP contribution in [0.5, 0.6) is 0 Å². The number of nitrogens with zero attached hydrogens (tertiary/aromatic N) is 1. The molecule has 24 heavy (non-hydrogen) atoms.